The van der Waals surface area contributed by atoms with E-state index in [1.165, 1.54) is 0 Å². The zero-order valence-electron chi connectivity index (χ0n) is 11.3. The highest BCUT2D eigenvalue weighted by molar-refractivity contribution is 9.11. The SMILES string of the molecule is Nc1ccc(N2CCN(c3ncc(Br)cc3Br)CC2)cn1. The topological polar surface area (TPSA) is 58.3 Å². The largest absolute Gasteiger partial charge is 0.384 e. The van der Waals surface area contributed by atoms with Gasteiger partial charge in [-0.1, -0.05) is 0 Å². The zero-order valence-corrected chi connectivity index (χ0v) is 14.5. The number of piperazine rings is 1. The molecule has 1 fully saturated rings. The number of nitrogen functional groups attached to an aromatic ring is 1. The van der Waals surface area contributed by atoms with E-state index in [0.717, 1.165) is 46.6 Å². The fourth-order valence-corrected chi connectivity index (χ4v) is 3.64. The van der Waals surface area contributed by atoms with Crippen LogP contribution in [0, 0.1) is 0 Å². The molecule has 21 heavy (non-hydrogen) atoms. The van der Waals surface area contributed by atoms with Crippen molar-refractivity contribution in [2.75, 3.05) is 41.7 Å². The molecule has 2 aromatic rings. The van der Waals surface area contributed by atoms with E-state index in [2.05, 4.69) is 51.6 Å². The van der Waals surface area contributed by atoms with Crippen molar-refractivity contribution in [1.29, 1.82) is 0 Å². The fraction of sp³-hybridized carbons (Fsp3) is 0.286. The Kier molecular flexibility index (Phi) is 4.30. The van der Waals surface area contributed by atoms with Gasteiger partial charge in [0.1, 0.15) is 11.6 Å². The predicted molar refractivity (Wildman–Crippen MR) is 92.7 cm³/mol. The Balaban J connectivity index is 1.68. The number of halogens is 2. The van der Waals surface area contributed by atoms with Gasteiger partial charge in [-0.2, -0.15) is 0 Å². The Hall–Kier alpha value is -1.34. The molecule has 0 atom stereocenters. The molecule has 0 bridgehead atoms. The van der Waals surface area contributed by atoms with Crippen LogP contribution in [0.15, 0.2) is 39.5 Å². The van der Waals surface area contributed by atoms with E-state index in [4.69, 9.17) is 5.73 Å². The quantitative estimate of drug-likeness (QED) is 0.821. The van der Waals surface area contributed by atoms with Gasteiger partial charge in [0, 0.05) is 36.8 Å². The average Bonchev–Trinajstić information content (AvgIpc) is 2.48. The van der Waals surface area contributed by atoms with E-state index in [9.17, 15) is 0 Å². The summed E-state index contributed by atoms with van der Waals surface area (Å²) in [5, 5.41) is 0. The van der Waals surface area contributed by atoms with Crippen LogP contribution in [0.5, 0.6) is 0 Å². The highest BCUT2D eigenvalue weighted by Gasteiger charge is 2.20. The van der Waals surface area contributed by atoms with Crippen molar-refractivity contribution in [3.05, 3.63) is 39.5 Å². The first-order valence-electron chi connectivity index (χ1n) is 6.66. The molecule has 7 heteroatoms. The molecule has 3 heterocycles. The lowest BCUT2D eigenvalue weighted by Crippen LogP contribution is -2.47. The van der Waals surface area contributed by atoms with E-state index >= 15 is 0 Å². The molecule has 0 radical (unpaired) electrons. The number of nitrogens with zero attached hydrogens (tertiary/aromatic N) is 4. The molecule has 0 amide bonds. The number of rotatable bonds is 2. The van der Waals surface area contributed by atoms with E-state index in [-0.39, 0.29) is 0 Å². The molecule has 1 aliphatic rings. The van der Waals surface area contributed by atoms with Crippen molar-refractivity contribution in [2.45, 2.75) is 0 Å². The lowest BCUT2D eigenvalue weighted by molar-refractivity contribution is 0.645. The molecule has 3 rings (SSSR count). The minimum atomic E-state index is 0.556. The molecule has 5 nitrogen and oxygen atoms in total. The van der Waals surface area contributed by atoms with Crippen molar-refractivity contribution in [3.63, 3.8) is 0 Å². The second-order valence-electron chi connectivity index (χ2n) is 4.87. The Morgan fingerprint density at radius 1 is 0.952 bits per heavy atom. The van der Waals surface area contributed by atoms with Crippen LogP contribution in [-0.2, 0) is 0 Å². The fourth-order valence-electron chi connectivity index (χ4n) is 2.40. The van der Waals surface area contributed by atoms with Gasteiger partial charge in [-0.15, -0.1) is 0 Å². The van der Waals surface area contributed by atoms with Gasteiger partial charge in [-0.05, 0) is 50.1 Å². The van der Waals surface area contributed by atoms with Crippen LogP contribution < -0.4 is 15.5 Å². The smallest absolute Gasteiger partial charge is 0.143 e. The van der Waals surface area contributed by atoms with Crippen molar-refractivity contribution < 1.29 is 0 Å². The van der Waals surface area contributed by atoms with Crippen LogP contribution in [0.2, 0.25) is 0 Å². The first-order chi connectivity index (χ1) is 10.1. The van der Waals surface area contributed by atoms with Gasteiger partial charge in [0.2, 0.25) is 0 Å². The van der Waals surface area contributed by atoms with Crippen molar-refractivity contribution in [3.8, 4) is 0 Å². The van der Waals surface area contributed by atoms with E-state index in [1.54, 1.807) is 0 Å². The highest BCUT2D eigenvalue weighted by atomic mass is 79.9. The van der Waals surface area contributed by atoms with Gasteiger partial charge in [0.05, 0.1) is 16.4 Å². The summed E-state index contributed by atoms with van der Waals surface area (Å²) in [5.74, 6) is 1.55. The summed E-state index contributed by atoms with van der Waals surface area (Å²) in [6.45, 7) is 3.74. The first kappa shape index (κ1) is 14.6. The van der Waals surface area contributed by atoms with E-state index in [1.807, 2.05) is 30.6 Å². The molecule has 0 spiro atoms. The summed E-state index contributed by atoms with van der Waals surface area (Å²) < 4.78 is 1.99. The predicted octanol–water partition coefficient (Wildman–Crippen LogP) is 2.91. The second-order valence-corrected chi connectivity index (χ2v) is 6.64. The van der Waals surface area contributed by atoms with Gasteiger partial charge in [0.25, 0.3) is 0 Å². The molecule has 0 unspecified atom stereocenters. The van der Waals surface area contributed by atoms with Crippen LogP contribution >= 0.6 is 31.9 Å². The average molecular weight is 413 g/mol. The summed E-state index contributed by atoms with van der Waals surface area (Å²) in [6, 6.07) is 5.89. The zero-order chi connectivity index (χ0) is 14.8. The summed E-state index contributed by atoms with van der Waals surface area (Å²) >= 11 is 7.01. The Morgan fingerprint density at radius 3 is 2.29 bits per heavy atom. The van der Waals surface area contributed by atoms with Crippen molar-refractivity contribution in [1.82, 2.24) is 9.97 Å². The molecule has 0 aromatic carbocycles. The van der Waals surface area contributed by atoms with Gasteiger partial charge in [-0.25, -0.2) is 9.97 Å². The van der Waals surface area contributed by atoms with E-state index < -0.39 is 0 Å². The number of aromatic nitrogens is 2. The Morgan fingerprint density at radius 2 is 1.67 bits per heavy atom. The summed E-state index contributed by atoms with van der Waals surface area (Å²) in [5.41, 5.74) is 6.75. The third-order valence-corrected chi connectivity index (χ3v) is 4.52. The molecular formula is C14H15Br2N5. The number of pyridine rings is 2. The third kappa shape index (κ3) is 3.29. The third-order valence-electron chi connectivity index (χ3n) is 3.50. The van der Waals surface area contributed by atoms with Crippen LogP contribution in [0.25, 0.3) is 0 Å². The Labute approximate surface area is 140 Å². The summed E-state index contributed by atoms with van der Waals surface area (Å²) in [7, 11) is 0. The molecule has 1 saturated heterocycles. The minimum Gasteiger partial charge on any atom is -0.384 e. The summed E-state index contributed by atoms with van der Waals surface area (Å²) in [4.78, 5) is 13.3. The lowest BCUT2D eigenvalue weighted by Gasteiger charge is -2.36. The maximum atomic E-state index is 5.63. The van der Waals surface area contributed by atoms with Crippen molar-refractivity contribution >= 4 is 49.2 Å². The normalized spacial score (nSPS) is 15.3. The molecule has 0 saturated carbocycles. The highest BCUT2D eigenvalue weighted by Crippen LogP contribution is 2.28. The second kappa shape index (κ2) is 6.19. The van der Waals surface area contributed by atoms with Crippen LogP contribution in [-0.4, -0.2) is 36.1 Å². The first-order valence-corrected chi connectivity index (χ1v) is 8.24. The standard InChI is InChI=1S/C14H15Br2N5/c15-10-7-12(16)14(19-8-10)21-5-3-20(4-6-21)11-1-2-13(17)18-9-11/h1-2,7-9H,3-6H2,(H2,17,18). The maximum absolute atomic E-state index is 5.63. The number of anilines is 3. The number of hydrogen-bond acceptors (Lipinski definition) is 5. The molecule has 1 aliphatic heterocycles. The van der Waals surface area contributed by atoms with E-state index in [0.29, 0.717) is 5.82 Å². The van der Waals surface area contributed by atoms with Gasteiger partial charge < -0.3 is 15.5 Å². The maximum Gasteiger partial charge on any atom is 0.143 e. The van der Waals surface area contributed by atoms with Crippen molar-refractivity contribution in [2.24, 2.45) is 0 Å². The van der Waals surface area contributed by atoms with Crippen LogP contribution in [0.1, 0.15) is 0 Å². The van der Waals surface area contributed by atoms with Gasteiger partial charge in [-0.3, -0.25) is 0 Å². The molecule has 110 valence electrons. The van der Waals surface area contributed by atoms with Crippen LogP contribution in [0.3, 0.4) is 0 Å². The molecule has 0 aliphatic carbocycles. The number of hydrogen-bond donors (Lipinski definition) is 1. The minimum absolute atomic E-state index is 0.556. The summed E-state index contributed by atoms with van der Waals surface area (Å²) in [6.07, 6.45) is 3.66. The molecule has 2 N–H and O–H groups in total. The molecular weight excluding hydrogens is 398 g/mol. The lowest BCUT2D eigenvalue weighted by atomic mass is 10.2. The number of nitrogens with two attached hydrogens (primary N) is 1. The monoisotopic (exact) mass is 411 g/mol. The Bertz CT molecular complexity index is 624. The van der Waals surface area contributed by atoms with Gasteiger partial charge >= 0.3 is 0 Å². The molecule has 2 aromatic heterocycles. The van der Waals surface area contributed by atoms with Crippen LogP contribution in [0.4, 0.5) is 17.3 Å². The van der Waals surface area contributed by atoms with Gasteiger partial charge in [0.15, 0.2) is 0 Å².